The lowest BCUT2D eigenvalue weighted by Gasteiger charge is -2.12. The van der Waals surface area contributed by atoms with Crippen molar-refractivity contribution in [1.82, 2.24) is 44.1 Å². The fourth-order valence-electron chi connectivity index (χ4n) is 5.48. The quantitative estimate of drug-likeness (QED) is 0.0358. The predicted molar refractivity (Wildman–Crippen MR) is 254 cm³/mol. The van der Waals surface area contributed by atoms with Gasteiger partial charge in [0.05, 0.1) is 58.2 Å². The van der Waals surface area contributed by atoms with Crippen LogP contribution in [0.2, 0.25) is 10.0 Å². The molecule has 0 aliphatic heterocycles. The van der Waals surface area contributed by atoms with Crippen molar-refractivity contribution in [2.45, 2.75) is 41.1 Å². The Labute approximate surface area is 447 Å². The van der Waals surface area contributed by atoms with Crippen LogP contribution in [0.4, 0.5) is 63.7 Å². The number of carboxylic acid groups (broad SMARTS) is 1. The number of alkyl halides is 7. The molecule has 29 nitrogen and oxygen atoms in total. The number of sulfone groups is 1. The van der Waals surface area contributed by atoms with Gasteiger partial charge in [0.2, 0.25) is 41.2 Å². The lowest BCUT2D eigenvalue weighted by molar-refractivity contribution is -0.383. The van der Waals surface area contributed by atoms with E-state index in [1.165, 1.54) is 50.1 Å². The van der Waals surface area contributed by atoms with Gasteiger partial charge in [-0.25, -0.2) is 50.3 Å². The Balaban J connectivity index is 0.000000259. The Bertz CT molecular complexity index is 3540. The minimum Gasteiger partial charge on any atom is -0.481 e. The maximum Gasteiger partial charge on any atom is 0.416 e. The van der Waals surface area contributed by atoms with Gasteiger partial charge in [-0.2, -0.15) is 64.2 Å². The molecule has 0 fully saturated rings. The lowest BCUT2D eigenvalue weighted by atomic mass is 10.2. The number of carbonyl (C=O) groups excluding carboxylic acids is 2. The predicted octanol–water partition coefficient (Wildman–Crippen LogP) is 5.77. The summed E-state index contributed by atoms with van der Waals surface area (Å²) in [6, 6.07) is 6.97. The number of nitrogens with two attached hydrogens (primary N) is 1. The molecule has 0 unspecified atom stereocenters. The lowest BCUT2D eigenvalue weighted by Crippen LogP contribution is -2.36. The molecule has 0 saturated heterocycles. The average molecular weight is 1230 g/mol. The number of methoxy groups -OCH3 is 2. The molecule has 426 valence electrons. The minimum absolute atomic E-state index is 0.0612. The third-order valence-electron chi connectivity index (χ3n) is 8.75. The summed E-state index contributed by atoms with van der Waals surface area (Å²) < 4.78 is 182. The molecule has 2 aromatic carbocycles. The molecule has 0 saturated carbocycles. The highest BCUT2D eigenvalue weighted by Gasteiger charge is 2.34. The number of nitro groups is 1. The summed E-state index contributed by atoms with van der Waals surface area (Å²) >= 11 is 11.5. The molecule has 0 aliphatic carbocycles. The van der Waals surface area contributed by atoms with Crippen molar-refractivity contribution in [3.63, 3.8) is 0 Å². The van der Waals surface area contributed by atoms with E-state index in [1.54, 1.807) is 10.0 Å². The first kappa shape index (κ1) is 62.8. The molecular weight excluding hydrogens is 1190 g/mol. The molecule has 0 spiro atoms. The van der Waals surface area contributed by atoms with Crippen LogP contribution in [0.5, 0.6) is 23.5 Å². The molecule has 0 radical (unpaired) electrons. The maximum absolute atomic E-state index is 12.6. The van der Waals surface area contributed by atoms with Gasteiger partial charge in [0.1, 0.15) is 21.7 Å². The number of hydrogen-bond acceptors (Lipinski definition) is 22. The number of sulfonamides is 2. The number of ether oxygens (including phenoxy) is 4. The third kappa shape index (κ3) is 17.2. The van der Waals surface area contributed by atoms with Crippen LogP contribution in [-0.4, -0.2) is 121 Å². The summed E-state index contributed by atoms with van der Waals surface area (Å²) in [6.45, 7) is -5.46. The molecule has 4 amide bonds. The van der Waals surface area contributed by atoms with E-state index in [9.17, 15) is 80.5 Å². The number of aromatic carboxylic acids is 1. The number of carbonyl (C=O) groups is 3. The molecule has 0 aliphatic rings. The van der Waals surface area contributed by atoms with Gasteiger partial charge >= 0.3 is 43.1 Å². The number of aromatic nitrogens is 7. The number of nitrogens with zero attached hydrogens (tertiary/aromatic N) is 8. The SMILES string of the molecule is CCS(=O)(=O)c1cccnc1S(=O)(=O)NC(=O)Nc1nc(OC)cc(OC)n1.Nc1c([N+](=O)[O-])cnn1-c1c(Cl)cc(C(F)(F)F)cc1Cl.O=C(Nc1nc(OC(F)F)cc(OC(F)F)n1)NS(=O)(=O)c1ccccc1C(=O)O. The number of anilines is 3. The Hall–Kier alpha value is -8.69. The number of carboxylic acids is 1. The van der Waals surface area contributed by atoms with Gasteiger partial charge in [-0.15, -0.1) is 0 Å². The highest BCUT2D eigenvalue weighted by atomic mass is 35.5. The van der Waals surface area contributed by atoms with Crippen LogP contribution in [0.3, 0.4) is 0 Å². The minimum atomic E-state index is -4.71. The van der Waals surface area contributed by atoms with E-state index in [4.69, 9.17) is 43.5 Å². The van der Waals surface area contributed by atoms with E-state index in [2.05, 4.69) is 44.8 Å². The van der Waals surface area contributed by atoms with Crippen LogP contribution in [0.25, 0.3) is 5.69 Å². The third-order valence-corrected chi connectivity index (χ3v) is 13.9. The number of nitrogens with one attached hydrogen (secondary N) is 4. The number of amides is 4. The van der Waals surface area contributed by atoms with Crippen LogP contribution in [0, 0.1) is 10.1 Å². The van der Waals surface area contributed by atoms with Crippen molar-refractivity contribution in [2.75, 3.05) is 36.3 Å². The first-order valence-corrected chi connectivity index (χ1v) is 25.6. The monoisotopic (exact) mass is 1230 g/mol. The highest BCUT2D eigenvalue weighted by molar-refractivity contribution is 7.93. The Morgan fingerprint density at radius 3 is 1.68 bits per heavy atom. The van der Waals surface area contributed by atoms with E-state index in [1.807, 2.05) is 0 Å². The van der Waals surface area contributed by atoms with Gasteiger partial charge in [0, 0.05) is 6.20 Å². The number of urea groups is 2. The van der Waals surface area contributed by atoms with Gasteiger partial charge in [-0.1, -0.05) is 42.3 Å². The van der Waals surface area contributed by atoms with Gasteiger partial charge in [0.15, 0.2) is 14.9 Å². The van der Waals surface area contributed by atoms with Crippen molar-refractivity contribution in [3.05, 3.63) is 104 Å². The first-order chi connectivity index (χ1) is 36.7. The standard InChI is InChI=1S/C14H10F4N4O7S.C14H17N5O7S2.C10H5Cl2F3N4O2/c15-11(16)28-8-5-9(29-12(17)18)20-13(19-8)21-14(25)22-30(26,27)7-4-2-1-3-6(7)10(23)24;1-4-27(21,22)9-6-5-7-15-12(9)28(23,24)19-14(20)18-13-16-10(25-2)8-11(17-13)26-3;11-5-1-4(10(13,14)15)2-6(12)8(5)18-9(16)7(3-17-18)19(20)21/h1-5,11-12H,(H,23,24)(H2,19,20,21,22,25);5-8H,4H2,1-3H3,(H2,16,17,18,19,20);1-3H,16H2. The number of hydrogen-bond donors (Lipinski definition) is 6. The number of benzene rings is 2. The second-order valence-electron chi connectivity index (χ2n) is 13.9. The summed E-state index contributed by atoms with van der Waals surface area (Å²) in [5.74, 6) is -5.37. The Kier molecular flexibility index (Phi) is 20.8. The largest absolute Gasteiger partial charge is 0.481 e. The van der Waals surface area contributed by atoms with Crippen LogP contribution in [0.15, 0.2) is 87.9 Å². The van der Waals surface area contributed by atoms with Crippen molar-refractivity contribution in [3.8, 4) is 29.2 Å². The number of pyridine rings is 1. The van der Waals surface area contributed by atoms with Gasteiger partial charge in [-0.05, 0) is 36.4 Å². The number of halogens is 9. The van der Waals surface area contributed by atoms with Gasteiger partial charge in [0.25, 0.3) is 20.0 Å². The molecule has 6 aromatic rings. The van der Waals surface area contributed by atoms with E-state index >= 15 is 0 Å². The fraction of sp³-hybridized carbons (Fsp3) is 0.184. The molecule has 0 atom stereocenters. The molecule has 0 bridgehead atoms. The van der Waals surface area contributed by atoms with E-state index < -0.39 is 127 Å². The molecule has 41 heteroatoms. The highest BCUT2D eigenvalue weighted by Crippen LogP contribution is 2.39. The molecule has 79 heavy (non-hydrogen) atoms. The van der Waals surface area contributed by atoms with Crippen molar-refractivity contribution >= 4 is 94.5 Å². The normalized spacial score (nSPS) is 11.5. The first-order valence-electron chi connectivity index (χ1n) is 20.2. The smallest absolute Gasteiger partial charge is 0.416 e. The zero-order valence-electron chi connectivity index (χ0n) is 39.1. The van der Waals surface area contributed by atoms with Crippen LogP contribution in [0.1, 0.15) is 22.8 Å². The van der Waals surface area contributed by atoms with Gasteiger partial charge < -0.3 is 29.8 Å². The van der Waals surface area contributed by atoms with Crippen molar-refractivity contribution < 1.29 is 99.3 Å². The van der Waals surface area contributed by atoms with Crippen LogP contribution < -0.4 is 44.8 Å². The van der Waals surface area contributed by atoms with Crippen LogP contribution in [-0.2, 0) is 36.1 Å². The summed E-state index contributed by atoms with van der Waals surface area (Å²) in [5.41, 5.74) is 3.14. The van der Waals surface area contributed by atoms with E-state index in [0.29, 0.717) is 18.2 Å². The summed E-state index contributed by atoms with van der Waals surface area (Å²) in [5, 5.41) is 25.6. The van der Waals surface area contributed by atoms with Gasteiger partial charge in [-0.3, -0.25) is 20.7 Å². The van der Waals surface area contributed by atoms with Crippen molar-refractivity contribution in [1.29, 1.82) is 0 Å². The summed E-state index contributed by atoms with van der Waals surface area (Å²) in [4.78, 5) is 61.6. The summed E-state index contributed by atoms with van der Waals surface area (Å²) in [6.07, 6.45) is -2.69. The Morgan fingerprint density at radius 2 is 1.24 bits per heavy atom. The Morgan fingerprint density at radius 1 is 0.772 bits per heavy atom. The zero-order valence-corrected chi connectivity index (χ0v) is 43.1. The molecule has 6 rings (SSSR count). The second-order valence-corrected chi connectivity index (χ2v) is 20.2. The second kappa shape index (κ2) is 26.1. The number of nitrogen functional groups attached to an aromatic ring is 1. The fourth-order valence-corrected chi connectivity index (χ4v) is 9.79. The maximum atomic E-state index is 12.6. The molecule has 4 heterocycles. The molecular formula is C38H32Cl2F7N13O16S3. The topological polar surface area (TPSA) is 410 Å². The zero-order chi connectivity index (χ0) is 59.4. The average Bonchev–Trinajstić information content (AvgIpc) is 3.74. The van der Waals surface area contributed by atoms with E-state index in [0.717, 1.165) is 35.3 Å². The molecule has 7 N–H and O–H groups in total. The number of rotatable bonds is 17. The van der Waals surface area contributed by atoms with E-state index in [-0.39, 0.29) is 39.2 Å². The van der Waals surface area contributed by atoms with Crippen molar-refractivity contribution in [2.24, 2.45) is 0 Å². The molecule has 4 aromatic heterocycles. The summed E-state index contributed by atoms with van der Waals surface area (Å²) in [7, 11) is -10.6. The van der Waals surface area contributed by atoms with Crippen LogP contribution >= 0.6 is 23.2 Å².